The van der Waals surface area contributed by atoms with E-state index in [0.717, 1.165) is 0 Å². The third kappa shape index (κ3) is 16.3. The summed E-state index contributed by atoms with van der Waals surface area (Å²) in [7, 11) is 0. The van der Waals surface area contributed by atoms with Gasteiger partial charge in [0.1, 0.15) is 41.9 Å². The molecule has 0 bridgehead atoms. The second-order valence-electron chi connectivity index (χ2n) is 10.6. The van der Waals surface area contributed by atoms with Crippen LogP contribution in [0.4, 0.5) is 0 Å². The molecule has 0 aromatic heterocycles. The fourth-order valence-corrected chi connectivity index (χ4v) is 3.80. The van der Waals surface area contributed by atoms with Gasteiger partial charge < -0.3 is 57.8 Å². The smallest absolute Gasteiger partial charge is 0.306 e. The van der Waals surface area contributed by atoms with Crippen molar-refractivity contribution in [1.82, 2.24) is 0 Å². The molecule has 1 aliphatic heterocycles. The first-order chi connectivity index (χ1) is 21.1. The predicted molar refractivity (Wildman–Crippen MR) is 148 cm³/mol. The molecule has 6 atom stereocenters. The van der Waals surface area contributed by atoms with E-state index < -0.39 is 99.8 Å². The molecule has 0 aliphatic carbocycles. The summed E-state index contributed by atoms with van der Waals surface area (Å²) in [4.78, 5) is 96.3. The highest BCUT2D eigenvalue weighted by Crippen LogP contribution is 2.31. The summed E-state index contributed by atoms with van der Waals surface area (Å²) in [6.45, 7) is 3.06. The number of Topliss-reactive ketones (excluding diaryl/α,β-unsaturated/α-hetero) is 4. The molecule has 0 saturated carbocycles. The normalized spacial score (nSPS) is 21.6. The van der Waals surface area contributed by atoms with E-state index in [1.54, 1.807) is 0 Å². The molecule has 1 aliphatic rings. The third-order valence-corrected chi connectivity index (χ3v) is 6.19. The Morgan fingerprint density at radius 1 is 0.600 bits per heavy atom. The Morgan fingerprint density at radius 2 is 1.00 bits per heavy atom. The largest absolute Gasteiger partial charge is 0.463 e. The minimum Gasteiger partial charge on any atom is -0.463 e. The molecular weight excluding hydrogens is 604 g/mol. The molecule has 16 nitrogen and oxygen atoms in total. The molecule has 2 N–H and O–H groups in total. The Kier molecular flexibility index (Phi) is 17.9. The maximum absolute atomic E-state index is 12.8. The summed E-state index contributed by atoms with van der Waals surface area (Å²) in [6, 6.07) is 0. The number of esters is 4. The number of aliphatic hydroxyl groups is 2. The lowest BCUT2D eigenvalue weighted by Gasteiger charge is -2.44. The topological polar surface area (TPSA) is 232 Å². The van der Waals surface area contributed by atoms with Gasteiger partial charge >= 0.3 is 23.9 Å². The number of ether oxygens (including phenoxy) is 6. The quantitative estimate of drug-likeness (QED) is 0.122. The molecule has 0 aromatic carbocycles. The van der Waals surface area contributed by atoms with Crippen LogP contribution in [0.25, 0.3) is 0 Å². The van der Waals surface area contributed by atoms with Gasteiger partial charge in [-0.15, -0.1) is 0 Å². The van der Waals surface area contributed by atoms with Crippen molar-refractivity contribution in [2.24, 2.45) is 0 Å². The minimum atomic E-state index is -1.71. The molecule has 45 heavy (non-hydrogen) atoms. The number of hydrogen-bond donors (Lipinski definition) is 2. The van der Waals surface area contributed by atoms with Gasteiger partial charge in [-0.05, 0) is 27.7 Å². The number of carbonyl (C=O) groups is 8. The summed E-state index contributed by atoms with van der Waals surface area (Å²) < 4.78 is 33.2. The average Bonchev–Trinajstić information content (AvgIpc) is 2.96. The molecule has 1 saturated heterocycles. The molecule has 0 spiro atoms. The van der Waals surface area contributed by atoms with E-state index in [9.17, 15) is 48.6 Å². The second-order valence-corrected chi connectivity index (χ2v) is 10.6. The minimum absolute atomic E-state index is 0.118. The van der Waals surface area contributed by atoms with Crippen LogP contribution >= 0.6 is 0 Å². The average molecular weight is 647 g/mol. The van der Waals surface area contributed by atoms with Crippen molar-refractivity contribution in [2.75, 3.05) is 19.8 Å². The zero-order valence-electron chi connectivity index (χ0n) is 25.9. The lowest BCUT2D eigenvalue weighted by molar-refractivity contribution is -0.312. The summed E-state index contributed by atoms with van der Waals surface area (Å²) in [5, 5.41) is 19.1. The molecular formula is C29H42O16. The van der Waals surface area contributed by atoms with Crippen molar-refractivity contribution < 1.29 is 77.0 Å². The summed E-state index contributed by atoms with van der Waals surface area (Å²) in [5.74, 6) is -4.99. The Balaban J connectivity index is 3.53. The Morgan fingerprint density at radius 3 is 1.42 bits per heavy atom. The van der Waals surface area contributed by atoms with E-state index in [4.69, 9.17) is 28.4 Å². The van der Waals surface area contributed by atoms with Crippen molar-refractivity contribution >= 4 is 47.0 Å². The van der Waals surface area contributed by atoms with Gasteiger partial charge in [0, 0.05) is 25.7 Å². The lowest BCUT2D eigenvalue weighted by Crippen LogP contribution is -2.63. The van der Waals surface area contributed by atoms with Crippen molar-refractivity contribution in [3.8, 4) is 0 Å². The zero-order valence-corrected chi connectivity index (χ0v) is 25.9. The zero-order chi connectivity index (χ0) is 34.1. The van der Waals surface area contributed by atoms with Gasteiger partial charge in [-0.2, -0.15) is 0 Å². The van der Waals surface area contributed by atoms with Crippen LogP contribution in [0.1, 0.15) is 79.1 Å². The van der Waals surface area contributed by atoms with Gasteiger partial charge in [-0.1, -0.05) is 0 Å². The summed E-state index contributed by atoms with van der Waals surface area (Å²) in [5.41, 5.74) is 0. The Bertz CT molecular complexity index is 1070. The number of carbonyl (C=O) groups excluding carboxylic acids is 8. The monoisotopic (exact) mass is 646 g/mol. The summed E-state index contributed by atoms with van der Waals surface area (Å²) >= 11 is 0. The SMILES string of the molecule is CC(=O)CCC(=O)OC[C@H]1O[C@H](OC[C@@H](O)CO)[C@H](OC(=O)CCC(C)=O)[C@@H](OC(=O)CCC(C)=O)[C@H]1OC(=O)CCC(C)=O. The number of aliphatic hydroxyl groups excluding tert-OH is 2. The standard InChI is InChI=1S/C29H42O16/c1-16(31)5-9-22(36)40-15-21-26(43-23(37)10-6-17(2)32)27(44-24(38)11-7-18(3)33)28(45-25(39)12-8-19(4)34)29(42-21)41-14-20(35)13-30/h20-21,26-30,35H,5-15H2,1-4H3/t20-,21+,26-,27-,28+,29-/m0/s1. The fraction of sp³-hybridized carbons (Fsp3) is 0.724. The molecule has 0 unspecified atom stereocenters. The van der Waals surface area contributed by atoms with Gasteiger partial charge in [0.25, 0.3) is 0 Å². The van der Waals surface area contributed by atoms with Crippen LogP contribution in [0.2, 0.25) is 0 Å². The predicted octanol–water partition coefficient (Wildman–Crippen LogP) is -0.163. The second kappa shape index (κ2) is 20.4. The van der Waals surface area contributed by atoms with Gasteiger partial charge in [-0.25, -0.2) is 0 Å². The first-order valence-electron chi connectivity index (χ1n) is 14.4. The van der Waals surface area contributed by atoms with Crippen molar-refractivity contribution in [3.63, 3.8) is 0 Å². The Hall–Kier alpha value is -3.60. The molecule has 254 valence electrons. The molecule has 1 rings (SSSR count). The molecule has 0 amide bonds. The highest BCUT2D eigenvalue weighted by Gasteiger charge is 2.53. The molecule has 0 radical (unpaired) electrons. The van der Waals surface area contributed by atoms with E-state index in [0.29, 0.717) is 0 Å². The van der Waals surface area contributed by atoms with E-state index in [1.807, 2.05) is 0 Å². The molecule has 0 aromatic rings. The van der Waals surface area contributed by atoms with Crippen LogP contribution < -0.4 is 0 Å². The van der Waals surface area contributed by atoms with Crippen LogP contribution in [-0.2, 0) is 66.8 Å². The first-order valence-corrected chi connectivity index (χ1v) is 14.4. The van der Waals surface area contributed by atoms with Crippen LogP contribution in [0, 0.1) is 0 Å². The highest BCUT2D eigenvalue weighted by molar-refractivity contribution is 5.83. The van der Waals surface area contributed by atoms with Gasteiger partial charge in [0.15, 0.2) is 24.6 Å². The highest BCUT2D eigenvalue weighted by atomic mass is 16.7. The number of hydrogen-bond acceptors (Lipinski definition) is 16. The molecule has 16 heteroatoms. The van der Waals surface area contributed by atoms with E-state index in [-0.39, 0.29) is 55.2 Å². The van der Waals surface area contributed by atoms with Crippen molar-refractivity contribution in [2.45, 2.75) is 116 Å². The number of ketones is 4. The molecule has 1 heterocycles. The van der Waals surface area contributed by atoms with Crippen LogP contribution in [-0.4, -0.2) is 114 Å². The van der Waals surface area contributed by atoms with Crippen LogP contribution in [0.15, 0.2) is 0 Å². The van der Waals surface area contributed by atoms with E-state index in [2.05, 4.69) is 0 Å². The van der Waals surface area contributed by atoms with Gasteiger partial charge in [-0.3, -0.25) is 19.2 Å². The first kappa shape index (κ1) is 39.4. The van der Waals surface area contributed by atoms with Crippen LogP contribution in [0.3, 0.4) is 0 Å². The van der Waals surface area contributed by atoms with E-state index >= 15 is 0 Å². The number of rotatable bonds is 21. The third-order valence-electron chi connectivity index (χ3n) is 6.19. The Labute approximate surface area is 260 Å². The maximum atomic E-state index is 12.8. The molecule has 1 fully saturated rings. The maximum Gasteiger partial charge on any atom is 0.306 e. The van der Waals surface area contributed by atoms with Crippen LogP contribution in [0.5, 0.6) is 0 Å². The summed E-state index contributed by atoms with van der Waals surface area (Å²) in [6.07, 6.45) is -11.8. The van der Waals surface area contributed by atoms with Gasteiger partial charge in [0.2, 0.25) is 0 Å². The van der Waals surface area contributed by atoms with E-state index in [1.165, 1.54) is 27.7 Å². The fourth-order valence-electron chi connectivity index (χ4n) is 3.80. The van der Waals surface area contributed by atoms with Gasteiger partial charge in [0.05, 0.1) is 38.9 Å². The lowest BCUT2D eigenvalue weighted by atomic mass is 9.97. The van der Waals surface area contributed by atoms with Crippen molar-refractivity contribution in [1.29, 1.82) is 0 Å². The van der Waals surface area contributed by atoms with Crippen molar-refractivity contribution in [3.05, 3.63) is 0 Å².